The quantitative estimate of drug-likeness (QED) is 0.111. The van der Waals surface area contributed by atoms with Gasteiger partial charge in [0.1, 0.15) is 10.1 Å². The molecule has 1 aromatic carbocycles. The second-order valence-corrected chi connectivity index (χ2v) is 13.9. The second kappa shape index (κ2) is 13.4. The molecule has 0 unspecified atom stereocenters. The number of hydrogen-bond acceptors (Lipinski definition) is 9. The van der Waals surface area contributed by atoms with E-state index in [0.717, 1.165) is 17.8 Å². The lowest BCUT2D eigenvalue weighted by atomic mass is 9.83. The van der Waals surface area contributed by atoms with Crippen LogP contribution in [0.1, 0.15) is 57.4 Å². The van der Waals surface area contributed by atoms with Gasteiger partial charge in [-0.2, -0.15) is 8.42 Å². The van der Waals surface area contributed by atoms with E-state index in [9.17, 15) is 26.2 Å². The summed E-state index contributed by atoms with van der Waals surface area (Å²) < 4.78 is 73.8. The Morgan fingerprint density at radius 3 is 2.57 bits per heavy atom. The molecule has 0 fully saturated rings. The summed E-state index contributed by atoms with van der Waals surface area (Å²) >= 11 is 0. The third-order valence-corrected chi connectivity index (χ3v) is 9.01. The van der Waals surface area contributed by atoms with Crippen molar-refractivity contribution in [2.45, 2.75) is 62.8 Å². The highest BCUT2D eigenvalue weighted by Gasteiger charge is 2.40. The summed E-state index contributed by atoms with van der Waals surface area (Å²) in [4.78, 5) is 17.1. The highest BCUT2D eigenvalue weighted by molar-refractivity contribution is 7.86. The van der Waals surface area contributed by atoms with E-state index in [-0.39, 0.29) is 23.5 Å². The van der Waals surface area contributed by atoms with Crippen molar-refractivity contribution in [2.24, 2.45) is 0 Å². The van der Waals surface area contributed by atoms with Crippen LogP contribution in [0.3, 0.4) is 0 Å². The Morgan fingerprint density at radius 1 is 1.09 bits per heavy atom. The van der Waals surface area contributed by atoms with Gasteiger partial charge in [-0.05, 0) is 54.8 Å². The molecule has 2 aromatic heterocycles. The predicted molar refractivity (Wildman–Crippen MR) is 162 cm³/mol. The Labute approximate surface area is 256 Å². The van der Waals surface area contributed by atoms with Gasteiger partial charge in [-0.3, -0.25) is 9.35 Å². The first-order valence-electron chi connectivity index (χ1n) is 14.1. The maximum absolute atomic E-state index is 11.7. The summed E-state index contributed by atoms with van der Waals surface area (Å²) in [5.41, 5.74) is 2.85. The molecule has 0 atom stereocenters. The van der Waals surface area contributed by atoms with Crippen LogP contribution >= 0.6 is 0 Å². The van der Waals surface area contributed by atoms with Crippen molar-refractivity contribution in [3.8, 4) is 0 Å². The van der Waals surface area contributed by atoms with Crippen LogP contribution in [0.4, 0.5) is 5.69 Å². The third-order valence-electron chi connectivity index (χ3n) is 7.38. The van der Waals surface area contributed by atoms with E-state index in [0.29, 0.717) is 48.6 Å². The predicted octanol–water partition coefficient (Wildman–Crippen LogP) is 4.19. The van der Waals surface area contributed by atoms with Crippen LogP contribution in [-0.2, 0) is 37.0 Å². The molecule has 3 heterocycles. The number of anilines is 1. The van der Waals surface area contributed by atoms with Crippen LogP contribution in [0, 0.1) is 0 Å². The Bertz CT molecular complexity index is 1840. The Balaban J connectivity index is 1.53. The monoisotopic (exact) mass is 645 g/mol. The molecule has 14 heteroatoms. The van der Waals surface area contributed by atoms with Crippen molar-refractivity contribution < 1.29 is 44.8 Å². The standard InChI is InChI=1S/C30H35N3O9S2/c1-30(2)23-21-22(44(39,40)41)15-16-24(23)33(19-8-4-7-14-28(34)35)26(30)12-5-3-6-13-27-31-29-25(42-27)11-9-17-32(29)18-10-20-43(36,37)38/h3,5-6,9,11-13,15-17,21H,4,7-8,10,14,18-20H2,1-2H3,(H2-,34,35,36,37,38,39,40,41). The van der Waals surface area contributed by atoms with Crippen LogP contribution in [0.2, 0.25) is 0 Å². The van der Waals surface area contributed by atoms with Crippen LogP contribution in [0.5, 0.6) is 0 Å². The van der Waals surface area contributed by atoms with Crippen molar-refractivity contribution in [3.05, 3.63) is 78.0 Å². The van der Waals surface area contributed by atoms with Crippen molar-refractivity contribution >= 4 is 49.2 Å². The summed E-state index contributed by atoms with van der Waals surface area (Å²) in [6.07, 6.45) is 13.0. The lowest BCUT2D eigenvalue weighted by molar-refractivity contribution is -0.673. The van der Waals surface area contributed by atoms with Gasteiger partial charge in [-0.15, -0.1) is 0 Å². The Kier molecular flexibility index (Phi) is 10.1. The number of carbonyl (C=O) groups is 1. The first kappa shape index (κ1) is 33.1. The van der Waals surface area contributed by atoms with E-state index in [1.807, 2.05) is 26.0 Å². The molecule has 0 amide bonds. The minimum atomic E-state index is -4.63. The molecule has 3 aromatic rings. The number of hydrogen-bond donors (Lipinski definition) is 2. The number of aromatic nitrogens is 2. The molecule has 12 nitrogen and oxygen atoms in total. The van der Waals surface area contributed by atoms with Crippen molar-refractivity contribution in [2.75, 3.05) is 17.2 Å². The second-order valence-electron chi connectivity index (χ2n) is 11.0. The number of oxazole rings is 1. The van der Waals surface area contributed by atoms with E-state index in [1.54, 1.807) is 47.2 Å². The van der Waals surface area contributed by atoms with Gasteiger partial charge in [-0.25, -0.2) is 13.0 Å². The molecule has 1 aliphatic heterocycles. The number of fused-ring (bicyclic) bond motifs is 2. The summed E-state index contributed by atoms with van der Waals surface area (Å²) in [5.74, 6) is -0.852. The number of aliphatic carboxylic acids is 1. The average molecular weight is 646 g/mol. The summed E-state index contributed by atoms with van der Waals surface area (Å²) in [6.45, 7) is 4.83. The first-order chi connectivity index (χ1) is 20.7. The Morgan fingerprint density at radius 2 is 1.86 bits per heavy atom. The molecule has 0 spiro atoms. The lowest BCUT2D eigenvalue weighted by Gasteiger charge is -2.27. The summed E-state index contributed by atoms with van der Waals surface area (Å²) in [5, 5.41) is 8.93. The van der Waals surface area contributed by atoms with Crippen molar-refractivity contribution in [1.82, 2.24) is 4.98 Å². The van der Waals surface area contributed by atoms with E-state index in [2.05, 4.69) is 9.88 Å². The highest BCUT2D eigenvalue weighted by atomic mass is 32.2. The zero-order valence-corrected chi connectivity index (χ0v) is 26.1. The van der Waals surface area contributed by atoms with Gasteiger partial charge < -0.3 is 19.0 Å². The largest absolute Gasteiger partial charge is 0.744 e. The zero-order valence-electron chi connectivity index (χ0n) is 24.4. The van der Waals surface area contributed by atoms with E-state index in [1.165, 1.54) is 12.1 Å². The molecular formula is C30H35N3O9S2. The molecule has 2 N–H and O–H groups in total. The molecular weight excluding hydrogens is 610 g/mol. The first-order valence-corrected chi connectivity index (χ1v) is 17.1. The Hall–Kier alpha value is -3.85. The van der Waals surface area contributed by atoms with Crippen LogP contribution in [0.15, 0.2) is 75.8 Å². The highest BCUT2D eigenvalue weighted by Crippen LogP contribution is 2.48. The number of aryl methyl sites for hydroxylation is 1. The van der Waals surface area contributed by atoms with Crippen LogP contribution < -0.4 is 9.47 Å². The van der Waals surface area contributed by atoms with Gasteiger partial charge in [0.2, 0.25) is 5.58 Å². The van der Waals surface area contributed by atoms with Crippen LogP contribution in [0.25, 0.3) is 17.3 Å². The molecule has 0 aliphatic carbocycles. The average Bonchev–Trinajstić information content (AvgIpc) is 3.43. The topological polar surface area (TPSA) is 182 Å². The number of rotatable bonds is 14. The molecule has 4 rings (SSSR count). The number of nitrogens with zero attached hydrogens (tertiary/aromatic N) is 3. The SMILES string of the molecule is CC1(C)\C(=C/C=C/C=C/c2nc3c(ccc[n+]3CCCS(=O)(=O)O)o2)N(CCCCCC(=O)O)c2ccc(S(=O)(=O)[O-])cc21. The van der Waals surface area contributed by atoms with E-state index in [4.69, 9.17) is 14.1 Å². The fraction of sp³-hybridized carbons (Fsp3) is 0.367. The minimum Gasteiger partial charge on any atom is -0.744 e. The summed E-state index contributed by atoms with van der Waals surface area (Å²) in [6, 6.07) is 7.90. The van der Waals surface area contributed by atoms with Crippen molar-refractivity contribution in [1.29, 1.82) is 0 Å². The maximum atomic E-state index is 11.7. The molecule has 1 aliphatic rings. The van der Waals surface area contributed by atoms with Gasteiger partial charge in [0.05, 0.1) is 23.4 Å². The fourth-order valence-corrected chi connectivity index (χ4v) is 6.24. The number of benzene rings is 1. The maximum Gasteiger partial charge on any atom is 0.370 e. The minimum absolute atomic E-state index is 0.0959. The van der Waals surface area contributed by atoms with Crippen LogP contribution in [-0.4, -0.2) is 54.3 Å². The van der Waals surface area contributed by atoms with Gasteiger partial charge >= 0.3 is 17.5 Å². The van der Waals surface area contributed by atoms with E-state index >= 15 is 0 Å². The number of carboxylic acid groups (broad SMARTS) is 1. The van der Waals surface area contributed by atoms with Gasteiger partial charge in [0.15, 0.2) is 0 Å². The van der Waals surface area contributed by atoms with Gasteiger partial charge in [-0.1, -0.05) is 38.5 Å². The normalized spacial score (nSPS) is 16.1. The molecule has 0 saturated carbocycles. The zero-order chi connectivity index (χ0) is 32.1. The lowest BCUT2D eigenvalue weighted by Crippen LogP contribution is -2.35. The van der Waals surface area contributed by atoms with E-state index < -0.39 is 31.6 Å². The number of unbranched alkanes of at least 4 members (excludes halogenated alkanes) is 2. The van der Waals surface area contributed by atoms with Gasteiger partial charge in [0, 0.05) is 47.2 Å². The molecule has 0 bridgehead atoms. The number of carboxylic acids is 1. The summed E-state index contributed by atoms with van der Waals surface area (Å²) in [7, 11) is -8.68. The fourth-order valence-electron chi connectivity index (χ4n) is 5.25. The number of allylic oxidation sites excluding steroid dienone is 5. The van der Waals surface area contributed by atoms with Gasteiger partial charge in [0.25, 0.3) is 10.1 Å². The third kappa shape index (κ3) is 8.20. The molecule has 0 radical (unpaired) electrons. The molecule has 44 heavy (non-hydrogen) atoms. The van der Waals surface area contributed by atoms with Crippen molar-refractivity contribution in [3.63, 3.8) is 0 Å². The number of pyridine rings is 1. The smallest absolute Gasteiger partial charge is 0.370 e. The molecule has 0 saturated heterocycles. The molecule has 236 valence electrons.